The Labute approximate surface area is 149 Å². The lowest BCUT2D eigenvalue weighted by molar-refractivity contribution is 0.358. The van der Waals surface area contributed by atoms with Crippen LogP contribution in [-0.4, -0.2) is 25.6 Å². The van der Waals surface area contributed by atoms with Crippen molar-refractivity contribution in [3.8, 4) is 11.1 Å². The van der Waals surface area contributed by atoms with Gasteiger partial charge in [-0.1, -0.05) is 20.8 Å². The van der Waals surface area contributed by atoms with E-state index in [1.54, 1.807) is 6.92 Å². The highest BCUT2D eigenvalue weighted by Crippen LogP contribution is 2.36. The maximum atomic E-state index is 14.5. The van der Waals surface area contributed by atoms with Gasteiger partial charge in [0.25, 0.3) is 5.78 Å². The third-order valence-corrected chi connectivity index (χ3v) is 4.52. The molecule has 3 rings (SSSR count). The first kappa shape index (κ1) is 18.2. The fourth-order valence-corrected chi connectivity index (χ4v) is 2.59. The maximum absolute atomic E-state index is 14.5. The molecule has 3 aromatic rings. The lowest BCUT2D eigenvalue weighted by atomic mass is 9.88. The van der Waals surface area contributed by atoms with Crippen LogP contribution in [0.2, 0.25) is 0 Å². The molecule has 0 bridgehead atoms. The van der Waals surface area contributed by atoms with Crippen molar-refractivity contribution in [2.45, 2.75) is 40.7 Å². The molecule has 0 saturated carbocycles. The second-order valence-electron chi connectivity index (χ2n) is 7.37. The van der Waals surface area contributed by atoms with E-state index in [-0.39, 0.29) is 22.6 Å². The third kappa shape index (κ3) is 3.11. The number of fused-ring (bicyclic) bond motifs is 1. The van der Waals surface area contributed by atoms with Gasteiger partial charge in [-0.05, 0) is 19.3 Å². The van der Waals surface area contributed by atoms with E-state index in [4.69, 9.17) is 0 Å². The molecule has 1 unspecified atom stereocenters. The summed E-state index contributed by atoms with van der Waals surface area (Å²) in [6.07, 6.45) is 1.32. The zero-order chi connectivity index (χ0) is 19.2. The summed E-state index contributed by atoms with van der Waals surface area (Å²) in [6, 6.07) is 1.24. The summed E-state index contributed by atoms with van der Waals surface area (Å²) in [5.74, 6) is -2.32. The normalized spacial score (nSPS) is 13.2. The minimum absolute atomic E-state index is 0.0676. The number of aryl methyl sites for hydroxylation is 1. The van der Waals surface area contributed by atoms with Gasteiger partial charge in [0.1, 0.15) is 29.6 Å². The Bertz CT molecular complexity index is 952. The summed E-state index contributed by atoms with van der Waals surface area (Å²) >= 11 is 0. The molecular formula is C18H20F3N5. The summed E-state index contributed by atoms with van der Waals surface area (Å²) in [7, 11) is 0. The highest BCUT2D eigenvalue weighted by atomic mass is 19.1. The molecular weight excluding hydrogens is 343 g/mol. The molecule has 5 nitrogen and oxygen atoms in total. The van der Waals surface area contributed by atoms with Gasteiger partial charge in [-0.25, -0.2) is 18.2 Å². The van der Waals surface area contributed by atoms with Crippen LogP contribution in [0.5, 0.6) is 0 Å². The minimum Gasteiger partial charge on any atom is -0.366 e. The molecule has 0 aliphatic heterocycles. The van der Waals surface area contributed by atoms with E-state index in [2.05, 4.69) is 20.4 Å². The standard InChI is InChI=1S/C18H20F3N5/c1-9-14(15-12(20)6-11(19)7-13(15)21)16(25-10(2)18(3,4)5)26-17(24-9)22-8-23-26/h6-8,10,25H,1-5H3. The van der Waals surface area contributed by atoms with Gasteiger partial charge in [-0.15, -0.1) is 0 Å². The molecule has 0 radical (unpaired) electrons. The Morgan fingerprint density at radius 3 is 2.27 bits per heavy atom. The van der Waals surface area contributed by atoms with Crippen LogP contribution in [0.3, 0.4) is 0 Å². The predicted molar refractivity (Wildman–Crippen MR) is 93.4 cm³/mol. The van der Waals surface area contributed by atoms with Crippen molar-refractivity contribution in [3.63, 3.8) is 0 Å². The molecule has 8 heteroatoms. The van der Waals surface area contributed by atoms with E-state index in [1.807, 2.05) is 27.7 Å². The SMILES string of the molecule is Cc1nc2ncnn2c(NC(C)C(C)(C)C)c1-c1c(F)cc(F)cc1F. The van der Waals surface area contributed by atoms with Gasteiger partial charge in [-0.3, -0.25) is 0 Å². The van der Waals surface area contributed by atoms with Crippen LogP contribution in [0.4, 0.5) is 19.0 Å². The molecule has 26 heavy (non-hydrogen) atoms. The zero-order valence-electron chi connectivity index (χ0n) is 15.2. The topological polar surface area (TPSA) is 55.1 Å². The Balaban J connectivity index is 2.32. The number of hydrogen-bond donors (Lipinski definition) is 1. The van der Waals surface area contributed by atoms with E-state index in [1.165, 1.54) is 10.8 Å². The first-order chi connectivity index (χ1) is 12.1. The van der Waals surface area contributed by atoms with Gasteiger partial charge in [0.05, 0.1) is 16.8 Å². The van der Waals surface area contributed by atoms with Crippen molar-refractivity contribution in [3.05, 3.63) is 41.6 Å². The first-order valence-electron chi connectivity index (χ1n) is 8.21. The van der Waals surface area contributed by atoms with E-state index < -0.39 is 17.5 Å². The highest BCUT2D eigenvalue weighted by Gasteiger charge is 2.27. The second kappa shape index (κ2) is 6.26. The number of halogens is 3. The third-order valence-electron chi connectivity index (χ3n) is 4.52. The zero-order valence-corrected chi connectivity index (χ0v) is 15.2. The second-order valence-corrected chi connectivity index (χ2v) is 7.37. The summed E-state index contributed by atoms with van der Waals surface area (Å²) in [5.41, 5.74) is 0.0614. The Kier molecular flexibility index (Phi) is 4.37. The molecule has 0 aliphatic rings. The quantitative estimate of drug-likeness (QED) is 0.751. The Hall–Kier alpha value is -2.64. The summed E-state index contributed by atoms with van der Waals surface area (Å²) in [5, 5.41) is 7.40. The number of nitrogens with one attached hydrogen (secondary N) is 1. The van der Waals surface area contributed by atoms with Crippen molar-refractivity contribution in [2.75, 3.05) is 5.32 Å². The van der Waals surface area contributed by atoms with Crippen molar-refractivity contribution >= 4 is 11.6 Å². The fraction of sp³-hybridized carbons (Fsp3) is 0.389. The number of nitrogens with zero attached hydrogens (tertiary/aromatic N) is 4. The highest BCUT2D eigenvalue weighted by molar-refractivity contribution is 5.79. The monoisotopic (exact) mass is 363 g/mol. The first-order valence-corrected chi connectivity index (χ1v) is 8.21. The van der Waals surface area contributed by atoms with Crippen molar-refractivity contribution in [1.82, 2.24) is 19.6 Å². The van der Waals surface area contributed by atoms with E-state index in [0.717, 1.165) is 0 Å². The van der Waals surface area contributed by atoms with Crippen molar-refractivity contribution in [1.29, 1.82) is 0 Å². The lowest BCUT2D eigenvalue weighted by Gasteiger charge is -2.30. The van der Waals surface area contributed by atoms with Gasteiger partial charge in [0, 0.05) is 18.2 Å². The molecule has 0 amide bonds. The van der Waals surface area contributed by atoms with Gasteiger partial charge in [-0.2, -0.15) is 14.6 Å². The molecule has 2 aromatic heterocycles. The van der Waals surface area contributed by atoms with Gasteiger partial charge in [0.15, 0.2) is 0 Å². The summed E-state index contributed by atoms with van der Waals surface area (Å²) in [4.78, 5) is 8.33. The van der Waals surface area contributed by atoms with Gasteiger partial charge in [0.2, 0.25) is 0 Å². The summed E-state index contributed by atoms with van der Waals surface area (Å²) < 4.78 is 43.7. The van der Waals surface area contributed by atoms with Crippen LogP contribution in [0.1, 0.15) is 33.4 Å². The van der Waals surface area contributed by atoms with Gasteiger partial charge >= 0.3 is 0 Å². The molecule has 0 saturated heterocycles. The van der Waals surface area contributed by atoms with Crippen LogP contribution in [-0.2, 0) is 0 Å². The number of aromatic nitrogens is 4. The number of hydrogen-bond acceptors (Lipinski definition) is 4. The van der Waals surface area contributed by atoms with Crippen LogP contribution in [0.25, 0.3) is 16.9 Å². The molecule has 1 atom stereocenters. The molecule has 1 N–H and O–H groups in total. The average Bonchev–Trinajstić information content (AvgIpc) is 2.95. The smallest absolute Gasteiger partial charge is 0.254 e. The molecule has 0 aliphatic carbocycles. The van der Waals surface area contributed by atoms with Crippen molar-refractivity contribution in [2.24, 2.45) is 5.41 Å². The molecule has 0 spiro atoms. The largest absolute Gasteiger partial charge is 0.366 e. The van der Waals surface area contributed by atoms with Crippen LogP contribution < -0.4 is 5.32 Å². The number of rotatable bonds is 3. The Morgan fingerprint density at radius 2 is 1.69 bits per heavy atom. The summed E-state index contributed by atoms with van der Waals surface area (Å²) in [6.45, 7) is 9.70. The van der Waals surface area contributed by atoms with E-state index in [9.17, 15) is 13.2 Å². The van der Waals surface area contributed by atoms with Gasteiger partial charge < -0.3 is 5.32 Å². The van der Waals surface area contributed by atoms with E-state index in [0.29, 0.717) is 29.4 Å². The minimum atomic E-state index is -1.00. The lowest BCUT2D eigenvalue weighted by Crippen LogP contribution is -2.32. The van der Waals surface area contributed by atoms with E-state index >= 15 is 0 Å². The average molecular weight is 363 g/mol. The molecule has 138 valence electrons. The molecule has 2 heterocycles. The maximum Gasteiger partial charge on any atom is 0.254 e. The Morgan fingerprint density at radius 1 is 1.08 bits per heavy atom. The number of benzene rings is 1. The predicted octanol–water partition coefficient (Wildman–Crippen LogP) is 4.36. The molecule has 1 aromatic carbocycles. The van der Waals surface area contributed by atoms with Crippen LogP contribution in [0, 0.1) is 29.8 Å². The number of anilines is 1. The molecule has 0 fully saturated rings. The van der Waals surface area contributed by atoms with Crippen LogP contribution >= 0.6 is 0 Å². The van der Waals surface area contributed by atoms with Crippen molar-refractivity contribution < 1.29 is 13.2 Å². The van der Waals surface area contributed by atoms with Crippen LogP contribution in [0.15, 0.2) is 18.5 Å². The fourth-order valence-electron chi connectivity index (χ4n) is 2.59.